The molecule has 1 fully saturated rings. The predicted octanol–water partition coefficient (Wildman–Crippen LogP) is 4.66. The molecule has 2 heterocycles. The SMILES string of the molecule is CC1CCN(c2ccc(Nc3cc(C(F)(F)F)cnc3N)cc2)CC1. The molecule has 0 unspecified atom stereocenters. The number of nitrogen functional groups attached to an aromatic ring is 1. The molecule has 7 heteroatoms. The van der Waals surface area contributed by atoms with Crippen LogP contribution in [0.5, 0.6) is 0 Å². The van der Waals surface area contributed by atoms with E-state index in [0.29, 0.717) is 5.69 Å². The summed E-state index contributed by atoms with van der Waals surface area (Å²) in [4.78, 5) is 5.95. The maximum Gasteiger partial charge on any atom is 0.417 e. The highest BCUT2D eigenvalue weighted by Gasteiger charge is 2.31. The molecule has 0 atom stereocenters. The molecule has 0 aliphatic carbocycles. The molecule has 1 aromatic heterocycles. The fourth-order valence-electron chi connectivity index (χ4n) is 2.91. The zero-order valence-electron chi connectivity index (χ0n) is 14.0. The molecule has 1 aliphatic heterocycles. The standard InChI is InChI=1S/C18H21F3N4/c1-12-6-8-25(9-7-12)15-4-2-14(3-5-15)24-16-10-13(18(19,20)21)11-23-17(16)22/h2-5,10-12,24H,6-9H2,1H3,(H2,22,23). The molecule has 0 amide bonds. The Bertz CT molecular complexity index is 720. The first kappa shape index (κ1) is 17.4. The van der Waals surface area contributed by atoms with Gasteiger partial charge < -0.3 is 16.0 Å². The minimum absolute atomic E-state index is 0.0297. The van der Waals surface area contributed by atoms with Gasteiger partial charge in [0.1, 0.15) is 5.82 Å². The molecule has 0 radical (unpaired) electrons. The van der Waals surface area contributed by atoms with Crippen LogP contribution in [0.3, 0.4) is 0 Å². The number of piperidine rings is 1. The van der Waals surface area contributed by atoms with Gasteiger partial charge in [0.05, 0.1) is 11.3 Å². The fourth-order valence-corrected chi connectivity index (χ4v) is 2.91. The average molecular weight is 350 g/mol. The van der Waals surface area contributed by atoms with Gasteiger partial charge in [-0.15, -0.1) is 0 Å². The summed E-state index contributed by atoms with van der Waals surface area (Å²) in [6.07, 6.45) is -1.37. The molecule has 4 nitrogen and oxygen atoms in total. The van der Waals surface area contributed by atoms with Crippen molar-refractivity contribution in [2.24, 2.45) is 5.92 Å². The van der Waals surface area contributed by atoms with Crippen LogP contribution >= 0.6 is 0 Å². The van der Waals surface area contributed by atoms with Crippen molar-refractivity contribution in [3.63, 3.8) is 0 Å². The lowest BCUT2D eigenvalue weighted by atomic mass is 9.99. The molecule has 1 aliphatic rings. The summed E-state index contributed by atoms with van der Waals surface area (Å²) in [6.45, 7) is 4.31. The first-order valence-corrected chi connectivity index (χ1v) is 8.27. The van der Waals surface area contributed by atoms with E-state index in [9.17, 15) is 13.2 Å². The molecule has 3 N–H and O–H groups in total. The number of anilines is 4. The second kappa shape index (κ2) is 6.82. The number of rotatable bonds is 3. The Hall–Kier alpha value is -2.44. The van der Waals surface area contributed by atoms with Crippen molar-refractivity contribution in [2.45, 2.75) is 25.9 Å². The van der Waals surface area contributed by atoms with Crippen molar-refractivity contribution in [2.75, 3.05) is 29.0 Å². The molecule has 25 heavy (non-hydrogen) atoms. The first-order chi connectivity index (χ1) is 11.8. The van der Waals surface area contributed by atoms with Crippen LogP contribution in [0.4, 0.5) is 36.1 Å². The van der Waals surface area contributed by atoms with E-state index in [4.69, 9.17) is 5.73 Å². The van der Waals surface area contributed by atoms with Crippen molar-refractivity contribution in [3.8, 4) is 0 Å². The van der Waals surface area contributed by atoms with Crippen molar-refractivity contribution in [1.29, 1.82) is 0 Å². The molecule has 3 rings (SSSR count). The monoisotopic (exact) mass is 350 g/mol. The van der Waals surface area contributed by atoms with Crippen LogP contribution < -0.4 is 16.0 Å². The number of benzene rings is 1. The number of hydrogen-bond donors (Lipinski definition) is 2. The van der Waals surface area contributed by atoms with E-state index in [-0.39, 0.29) is 11.5 Å². The molecular formula is C18H21F3N4. The molecule has 1 aromatic carbocycles. The normalized spacial score (nSPS) is 16.1. The van der Waals surface area contributed by atoms with Gasteiger partial charge in [-0.2, -0.15) is 13.2 Å². The second-order valence-corrected chi connectivity index (χ2v) is 6.50. The minimum Gasteiger partial charge on any atom is -0.382 e. The Labute approximate surface area is 144 Å². The van der Waals surface area contributed by atoms with Gasteiger partial charge in [0.2, 0.25) is 0 Å². The van der Waals surface area contributed by atoms with Crippen molar-refractivity contribution >= 4 is 22.9 Å². The third-order valence-corrected chi connectivity index (χ3v) is 4.54. The van der Waals surface area contributed by atoms with Crippen LogP contribution in [-0.2, 0) is 6.18 Å². The van der Waals surface area contributed by atoms with Crippen molar-refractivity contribution < 1.29 is 13.2 Å². The smallest absolute Gasteiger partial charge is 0.382 e. The van der Waals surface area contributed by atoms with Crippen LogP contribution in [0.25, 0.3) is 0 Å². The zero-order valence-corrected chi connectivity index (χ0v) is 14.0. The highest BCUT2D eigenvalue weighted by atomic mass is 19.4. The Morgan fingerprint density at radius 3 is 2.40 bits per heavy atom. The van der Waals surface area contributed by atoms with Crippen LogP contribution in [0.15, 0.2) is 36.5 Å². The fraction of sp³-hybridized carbons (Fsp3) is 0.389. The number of nitrogens with one attached hydrogen (secondary N) is 1. The van der Waals surface area contributed by atoms with Gasteiger partial charge >= 0.3 is 6.18 Å². The Morgan fingerprint density at radius 1 is 1.16 bits per heavy atom. The van der Waals surface area contributed by atoms with Crippen LogP contribution in [0, 0.1) is 5.92 Å². The third kappa shape index (κ3) is 4.15. The Morgan fingerprint density at radius 2 is 1.80 bits per heavy atom. The number of hydrogen-bond acceptors (Lipinski definition) is 4. The quantitative estimate of drug-likeness (QED) is 0.845. The molecule has 0 bridgehead atoms. The number of pyridine rings is 1. The van der Waals surface area contributed by atoms with E-state index in [2.05, 4.69) is 22.1 Å². The highest BCUT2D eigenvalue weighted by Crippen LogP contribution is 2.33. The van der Waals surface area contributed by atoms with Crippen LogP contribution in [0.1, 0.15) is 25.3 Å². The van der Waals surface area contributed by atoms with Gasteiger partial charge in [-0.1, -0.05) is 6.92 Å². The Balaban J connectivity index is 1.73. The van der Waals surface area contributed by atoms with Gasteiger partial charge in [0.25, 0.3) is 0 Å². The van der Waals surface area contributed by atoms with Crippen LogP contribution in [-0.4, -0.2) is 18.1 Å². The van der Waals surface area contributed by atoms with E-state index in [1.165, 1.54) is 12.8 Å². The molecule has 2 aromatic rings. The zero-order chi connectivity index (χ0) is 18.0. The maximum atomic E-state index is 12.8. The number of nitrogens with zero attached hydrogens (tertiary/aromatic N) is 2. The molecular weight excluding hydrogens is 329 g/mol. The summed E-state index contributed by atoms with van der Waals surface area (Å²) in [7, 11) is 0. The van der Waals surface area contributed by atoms with Gasteiger partial charge in [-0.05, 0) is 49.1 Å². The van der Waals surface area contributed by atoms with Gasteiger partial charge in [0, 0.05) is 30.7 Å². The second-order valence-electron chi connectivity index (χ2n) is 6.50. The van der Waals surface area contributed by atoms with E-state index in [1.54, 1.807) is 0 Å². The van der Waals surface area contributed by atoms with Gasteiger partial charge in [0.15, 0.2) is 0 Å². The largest absolute Gasteiger partial charge is 0.417 e. The highest BCUT2D eigenvalue weighted by molar-refractivity contribution is 5.71. The van der Waals surface area contributed by atoms with E-state index in [1.807, 2.05) is 24.3 Å². The first-order valence-electron chi connectivity index (χ1n) is 8.27. The maximum absolute atomic E-state index is 12.8. The predicted molar refractivity (Wildman–Crippen MR) is 94.0 cm³/mol. The third-order valence-electron chi connectivity index (χ3n) is 4.54. The van der Waals surface area contributed by atoms with E-state index in [0.717, 1.165) is 37.0 Å². The van der Waals surface area contributed by atoms with Crippen molar-refractivity contribution in [3.05, 3.63) is 42.1 Å². The van der Waals surface area contributed by atoms with E-state index >= 15 is 0 Å². The van der Waals surface area contributed by atoms with Gasteiger partial charge in [-0.3, -0.25) is 0 Å². The van der Waals surface area contributed by atoms with E-state index < -0.39 is 11.7 Å². The lowest BCUT2D eigenvalue weighted by molar-refractivity contribution is -0.137. The number of nitrogens with two attached hydrogens (primary N) is 1. The number of halogens is 3. The summed E-state index contributed by atoms with van der Waals surface area (Å²) in [6, 6.07) is 8.59. The summed E-state index contributed by atoms with van der Waals surface area (Å²) in [5.41, 5.74) is 6.80. The topological polar surface area (TPSA) is 54.2 Å². The lowest BCUT2D eigenvalue weighted by Gasteiger charge is -2.32. The minimum atomic E-state index is -4.45. The number of alkyl halides is 3. The Kier molecular flexibility index (Phi) is 4.74. The molecule has 0 saturated carbocycles. The molecule has 0 spiro atoms. The average Bonchev–Trinajstić information content (AvgIpc) is 2.57. The van der Waals surface area contributed by atoms with Crippen LogP contribution in [0.2, 0.25) is 0 Å². The van der Waals surface area contributed by atoms with Crippen molar-refractivity contribution in [1.82, 2.24) is 4.98 Å². The van der Waals surface area contributed by atoms with Gasteiger partial charge in [-0.25, -0.2) is 4.98 Å². The lowest BCUT2D eigenvalue weighted by Crippen LogP contribution is -2.32. The number of aromatic nitrogens is 1. The summed E-state index contributed by atoms with van der Waals surface area (Å²) < 4.78 is 38.4. The summed E-state index contributed by atoms with van der Waals surface area (Å²) >= 11 is 0. The summed E-state index contributed by atoms with van der Waals surface area (Å²) in [5, 5.41) is 2.92. The molecule has 134 valence electrons. The molecule has 1 saturated heterocycles. The summed E-state index contributed by atoms with van der Waals surface area (Å²) in [5.74, 6) is 0.788.